The number of benzene rings is 1. The van der Waals surface area contributed by atoms with Crippen LogP contribution in [-0.4, -0.2) is 48.9 Å². The van der Waals surface area contributed by atoms with Gasteiger partial charge in [0.1, 0.15) is 11.5 Å². The quantitative estimate of drug-likeness (QED) is 0.0615. The van der Waals surface area contributed by atoms with E-state index in [0.29, 0.717) is 12.4 Å². The Kier molecular flexibility index (Phi) is 12.5. The van der Waals surface area contributed by atoms with Gasteiger partial charge in [-0.25, -0.2) is 5.84 Å². The number of aliphatic imine (C=N–C) groups is 1. The molecule has 0 spiro atoms. The van der Waals surface area contributed by atoms with E-state index in [1.807, 2.05) is 6.92 Å². The molecule has 0 saturated heterocycles. The number of hydrogen-bond donors (Lipinski definition) is 5. The Morgan fingerprint density at radius 3 is 2.55 bits per heavy atom. The highest BCUT2D eigenvalue weighted by molar-refractivity contribution is 9.11. The van der Waals surface area contributed by atoms with E-state index in [4.69, 9.17) is 21.5 Å². The molecule has 0 saturated carbocycles. The lowest BCUT2D eigenvalue weighted by molar-refractivity contribution is -0.112. The summed E-state index contributed by atoms with van der Waals surface area (Å²) >= 11 is 6.94. The van der Waals surface area contributed by atoms with Crippen LogP contribution in [0, 0.1) is 0 Å². The van der Waals surface area contributed by atoms with Crippen molar-refractivity contribution in [3.63, 3.8) is 0 Å². The van der Waals surface area contributed by atoms with E-state index in [-0.39, 0.29) is 18.2 Å². The molecule has 1 rings (SSSR count). The second-order valence-corrected chi connectivity index (χ2v) is 8.07. The summed E-state index contributed by atoms with van der Waals surface area (Å²) in [6, 6.07) is 3.85. The summed E-state index contributed by atoms with van der Waals surface area (Å²) < 4.78 is 7.32. The molecule has 0 aromatic heterocycles. The number of rotatable bonds is 14. The summed E-state index contributed by atoms with van der Waals surface area (Å²) in [5, 5.41) is 15.2. The van der Waals surface area contributed by atoms with E-state index >= 15 is 0 Å². The van der Waals surface area contributed by atoms with E-state index in [1.54, 1.807) is 12.1 Å². The van der Waals surface area contributed by atoms with Gasteiger partial charge in [0, 0.05) is 12.5 Å². The maximum Gasteiger partial charge on any atom is 0.266 e. The van der Waals surface area contributed by atoms with Crippen LogP contribution in [0.3, 0.4) is 0 Å². The van der Waals surface area contributed by atoms with Gasteiger partial charge in [-0.15, -0.1) is 0 Å². The van der Waals surface area contributed by atoms with Crippen LogP contribution in [0.2, 0.25) is 0 Å². The summed E-state index contributed by atoms with van der Waals surface area (Å²) in [5.74, 6) is 5.06. The molecule has 1 unspecified atom stereocenters. The maximum atomic E-state index is 11.2. The van der Waals surface area contributed by atoms with Gasteiger partial charge in [0.2, 0.25) is 0 Å². The van der Waals surface area contributed by atoms with E-state index in [0.717, 1.165) is 46.9 Å². The molecule has 1 aromatic carbocycles. The predicted molar refractivity (Wildman–Crippen MR) is 121 cm³/mol. The molecule has 0 aliphatic heterocycles. The lowest BCUT2D eigenvalue weighted by atomic mass is 10.1. The topological polar surface area (TPSA) is 147 Å². The van der Waals surface area contributed by atoms with Gasteiger partial charge >= 0.3 is 0 Å². The first-order valence-corrected chi connectivity index (χ1v) is 10.8. The Labute approximate surface area is 187 Å². The summed E-state index contributed by atoms with van der Waals surface area (Å²) in [7, 11) is 0. The first-order chi connectivity index (χ1) is 13.9. The molecule has 1 amide bonds. The van der Waals surface area contributed by atoms with Crippen LogP contribution in [0.5, 0.6) is 5.75 Å². The number of hydrazine groups is 1. The highest BCUT2D eigenvalue weighted by Crippen LogP contribution is 2.35. The largest absolute Gasteiger partial charge is 0.491 e. The van der Waals surface area contributed by atoms with Crippen molar-refractivity contribution in [3.05, 3.63) is 26.6 Å². The molecule has 0 aliphatic rings. The minimum atomic E-state index is -0.762. The third-order valence-corrected chi connectivity index (χ3v) is 5.14. The molecule has 9 nitrogen and oxygen atoms in total. The molecule has 1 aromatic rings. The van der Waals surface area contributed by atoms with Crippen LogP contribution in [0.1, 0.15) is 31.7 Å². The fourth-order valence-corrected chi connectivity index (χ4v) is 3.99. The monoisotopic (exact) mass is 534 g/mol. The van der Waals surface area contributed by atoms with Gasteiger partial charge in [0.25, 0.3) is 5.91 Å². The molecule has 0 fully saturated rings. The van der Waals surface area contributed by atoms with Gasteiger partial charge < -0.3 is 26.4 Å². The Morgan fingerprint density at radius 1 is 1.31 bits per heavy atom. The van der Waals surface area contributed by atoms with Gasteiger partial charge in [-0.1, -0.05) is 5.16 Å². The first kappa shape index (κ1) is 25.3. The van der Waals surface area contributed by atoms with Crippen molar-refractivity contribution in [1.82, 2.24) is 10.7 Å². The summed E-state index contributed by atoms with van der Waals surface area (Å²) in [6.07, 6.45) is 4.52. The molecule has 29 heavy (non-hydrogen) atoms. The number of amides is 1. The third-order valence-electron chi connectivity index (χ3n) is 3.96. The van der Waals surface area contributed by atoms with Crippen LogP contribution in [0.15, 0.2) is 31.2 Å². The van der Waals surface area contributed by atoms with E-state index < -0.39 is 5.91 Å². The van der Waals surface area contributed by atoms with Gasteiger partial charge in [0.05, 0.1) is 21.9 Å². The zero-order chi connectivity index (χ0) is 21.6. The molecule has 7 N–H and O–H groups in total. The molecular weight excluding hydrogens is 508 g/mol. The highest BCUT2D eigenvalue weighted by atomic mass is 79.9. The molecular formula is C18H28Br2N6O3. The fourth-order valence-electron chi connectivity index (χ4n) is 2.48. The Bertz CT molecular complexity index is 692. The molecule has 0 radical (unpaired) electrons. The number of nitrogens with two attached hydrogens (primary N) is 2. The molecule has 0 heterocycles. The van der Waals surface area contributed by atoms with Crippen LogP contribution in [0.4, 0.5) is 0 Å². The van der Waals surface area contributed by atoms with Crippen molar-refractivity contribution < 1.29 is 14.7 Å². The SMILES string of the molecule is CC(CCCNCCCOc1c(Br)cc(C/C(=N/O)C(N)=O)cc1Br)N=CNN. The number of nitrogens with zero attached hydrogens (tertiary/aromatic N) is 2. The van der Waals surface area contributed by atoms with Gasteiger partial charge in [-0.05, 0) is 88.8 Å². The summed E-state index contributed by atoms with van der Waals surface area (Å²) in [4.78, 5) is 15.4. The second-order valence-electron chi connectivity index (χ2n) is 6.36. The Hall–Kier alpha value is -1.69. The first-order valence-electron chi connectivity index (χ1n) is 9.19. The summed E-state index contributed by atoms with van der Waals surface area (Å²) in [6.45, 7) is 4.38. The Morgan fingerprint density at radius 2 is 1.97 bits per heavy atom. The number of hydrogen-bond acceptors (Lipinski definition) is 7. The molecule has 1 atom stereocenters. The normalized spacial score (nSPS) is 12.9. The zero-order valence-corrected chi connectivity index (χ0v) is 19.5. The number of ether oxygens (including phenoxy) is 1. The maximum absolute atomic E-state index is 11.2. The van der Waals surface area contributed by atoms with Crippen molar-refractivity contribution >= 4 is 49.8 Å². The summed E-state index contributed by atoms with van der Waals surface area (Å²) in [5.41, 5.74) is 8.21. The van der Waals surface area contributed by atoms with E-state index in [9.17, 15) is 4.79 Å². The van der Waals surface area contributed by atoms with Crippen molar-refractivity contribution in [1.29, 1.82) is 0 Å². The smallest absolute Gasteiger partial charge is 0.266 e. The highest BCUT2D eigenvalue weighted by Gasteiger charge is 2.13. The number of nitrogens with one attached hydrogen (secondary N) is 2. The van der Waals surface area contributed by atoms with Gasteiger partial charge in [0.15, 0.2) is 0 Å². The predicted octanol–water partition coefficient (Wildman–Crippen LogP) is 2.09. The van der Waals surface area contributed by atoms with Crippen LogP contribution >= 0.6 is 31.9 Å². The lowest BCUT2D eigenvalue weighted by Gasteiger charge is -2.13. The molecule has 0 aliphatic carbocycles. The van der Waals surface area contributed by atoms with Crippen LogP contribution in [0.25, 0.3) is 0 Å². The van der Waals surface area contributed by atoms with Crippen molar-refractivity contribution in [2.75, 3.05) is 19.7 Å². The molecule has 162 valence electrons. The zero-order valence-electron chi connectivity index (χ0n) is 16.3. The number of carbonyl (C=O) groups is 1. The number of halogens is 2. The lowest BCUT2D eigenvalue weighted by Crippen LogP contribution is -2.25. The number of carbonyl (C=O) groups excluding carboxylic acids is 1. The van der Waals surface area contributed by atoms with Gasteiger partial charge in [-0.2, -0.15) is 0 Å². The van der Waals surface area contributed by atoms with Crippen molar-refractivity contribution in [2.24, 2.45) is 21.7 Å². The standard InChI is InChI=1S/C18H28Br2N6O3/c1-12(24-11-25-22)4-2-5-23-6-3-7-29-17-14(19)8-13(9-15(17)20)10-16(26-28)18(21)27/h8-9,11-12,23,28H,2-7,10,22H2,1H3,(H2,21,27)(H,24,25)/b26-16-. The van der Waals surface area contributed by atoms with Crippen LogP contribution < -0.4 is 27.1 Å². The Balaban J connectivity index is 2.34. The fraction of sp³-hybridized carbons (Fsp3) is 0.500. The van der Waals surface area contributed by atoms with Crippen molar-refractivity contribution in [2.45, 2.75) is 38.6 Å². The van der Waals surface area contributed by atoms with Crippen LogP contribution in [-0.2, 0) is 11.2 Å². The average molecular weight is 536 g/mol. The van der Waals surface area contributed by atoms with Crippen molar-refractivity contribution in [3.8, 4) is 5.75 Å². The second kappa shape index (κ2) is 14.3. The van der Waals surface area contributed by atoms with E-state index in [2.05, 4.69) is 52.8 Å². The average Bonchev–Trinajstić information content (AvgIpc) is 2.67. The number of oxime groups is 1. The van der Waals surface area contributed by atoms with E-state index in [1.165, 1.54) is 6.34 Å². The molecule has 0 bridgehead atoms. The minimum Gasteiger partial charge on any atom is -0.491 e. The number of primary amides is 1. The minimum absolute atomic E-state index is 0.110. The molecule has 11 heteroatoms. The third kappa shape index (κ3) is 10.1. The van der Waals surface area contributed by atoms with Gasteiger partial charge in [-0.3, -0.25) is 9.79 Å².